The summed E-state index contributed by atoms with van der Waals surface area (Å²) in [4.78, 5) is 17.8. The van der Waals surface area contributed by atoms with Crippen LogP contribution in [0.2, 0.25) is 0 Å². The normalized spacial score (nSPS) is 11.6. The van der Waals surface area contributed by atoms with Crippen molar-refractivity contribution in [1.29, 1.82) is 0 Å². The Morgan fingerprint density at radius 3 is 2.55 bits per heavy atom. The molecule has 1 heterocycles. The van der Waals surface area contributed by atoms with E-state index in [-0.39, 0.29) is 5.91 Å². The topological polar surface area (TPSA) is 52.8 Å². The molecule has 0 aliphatic heterocycles. The zero-order chi connectivity index (χ0) is 20.2. The van der Waals surface area contributed by atoms with E-state index >= 15 is 0 Å². The molecule has 4 aromatic rings. The molecule has 0 saturated carbocycles. The molecule has 5 nitrogen and oxygen atoms in total. The van der Waals surface area contributed by atoms with Crippen molar-refractivity contribution in [2.45, 2.75) is 6.92 Å². The summed E-state index contributed by atoms with van der Waals surface area (Å²) in [7, 11) is 1.89. The SMILES string of the molecule is CCOc1cccc2sc(=NC(=O)c3cccc(Oc4ccccc4)c3)n(C)c12. The van der Waals surface area contributed by atoms with Crippen LogP contribution >= 0.6 is 11.3 Å². The Labute approximate surface area is 172 Å². The van der Waals surface area contributed by atoms with Gasteiger partial charge >= 0.3 is 0 Å². The second kappa shape index (κ2) is 8.32. The molecule has 29 heavy (non-hydrogen) atoms. The van der Waals surface area contributed by atoms with Crippen molar-refractivity contribution in [2.24, 2.45) is 12.0 Å². The summed E-state index contributed by atoms with van der Waals surface area (Å²) < 4.78 is 14.5. The van der Waals surface area contributed by atoms with Crippen LogP contribution in [0, 0.1) is 0 Å². The van der Waals surface area contributed by atoms with Gasteiger partial charge in [-0.2, -0.15) is 4.99 Å². The van der Waals surface area contributed by atoms with Gasteiger partial charge in [-0.25, -0.2) is 0 Å². The van der Waals surface area contributed by atoms with Gasteiger partial charge in [-0.1, -0.05) is 41.7 Å². The number of amides is 1. The van der Waals surface area contributed by atoms with Crippen LogP contribution in [0.4, 0.5) is 0 Å². The minimum atomic E-state index is -0.316. The average molecular weight is 404 g/mol. The molecule has 0 spiro atoms. The number of thiazole rings is 1. The third kappa shape index (κ3) is 4.07. The molecule has 3 aromatic carbocycles. The van der Waals surface area contributed by atoms with E-state index in [0.29, 0.717) is 28.5 Å². The van der Waals surface area contributed by atoms with Crippen LogP contribution in [0.15, 0.2) is 77.8 Å². The van der Waals surface area contributed by atoms with Gasteiger partial charge in [0.1, 0.15) is 22.8 Å². The summed E-state index contributed by atoms with van der Waals surface area (Å²) in [5.41, 5.74) is 1.41. The number of para-hydroxylation sites is 2. The molecule has 0 atom stereocenters. The first-order valence-corrected chi connectivity index (χ1v) is 10.1. The van der Waals surface area contributed by atoms with Gasteiger partial charge in [-0.15, -0.1) is 0 Å². The molecule has 0 saturated heterocycles. The van der Waals surface area contributed by atoms with Gasteiger partial charge in [-0.3, -0.25) is 4.79 Å². The maximum Gasteiger partial charge on any atom is 0.279 e. The number of rotatable bonds is 5. The molecule has 0 radical (unpaired) electrons. The summed E-state index contributed by atoms with van der Waals surface area (Å²) in [5, 5.41) is 0. The van der Waals surface area contributed by atoms with Gasteiger partial charge in [0.2, 0.25) is 0 Å². The lowest BCUT2D eigenvalue weighted by Gasteiger charge is -2.06. The average Bonchev–Trinajstić information content (AvgIpc) is 3.05. The van der Waals surface area contributed by atoms with Crippen LogP contribution in [0.5, 0.6) is 17.2 Å². The monoisotopic (exact) mass is 404 g/mol. The van der Waals surface area contributed by atoms with Crippen LogP contribution in [0.25, 0.3) is 10.2 Å². The van der Waals surface area contributed by atoms with Gasteiger partial charge < -0.3 is 14.0 Å². The Kier molecular flexibility index (Phi) is 5.44. The van der Waals surface area contributed by atoms with Crippen molar-refractivity contribution in [3.05, 3.63) is 83.2 Å². The molecule has 1 amide bonds. The largest absolute Gasteiger partial charge is 0.492 e. The number of fused-ring (bicyclic) bond motifs is 1. The number of aryl methyl sites for hydroxylation is 1. The van der Waals surface area contributed by atoms with E-state index in [2.05, 4.69) is 4.99 Å². The number of benzene rings is 3. The zero-order valence-corrected chi connectivity index (χ0v) is 17.0. The molecule has 0 aliphatic rings. The maximum atomic E-state index is 12.8. The molecule has 0 fully saturated rings. The summed E-state index contributed by atoms with van der Waals surface area (Å²) in [6, 6.07) is 22.4. The quantitative estimate of drug-likeness (QED) is 0.461. The van der Waals surface area contributed by atoms with Crippen molar-refractivity contribution in [3.63, 3.8) is 0 Å². The van der Waals surface area contributed by atoms with E-state index in [0.717, 1.165) is 16.0 Å². The molecule has 4 rings (SSSR count). The smallest absolute Gasteiger partial charge is 0.279 e. The van der Waals surface area contributed by atoms with E-state index in [4.69, 9.17) is 9.47 Å². The van der Waals surface area contributed by atoms with E-state index < -0.39 is 0 Å². The number of nitrogens with zero attached hydrogens (tertiary/aromatic N) is 2. The Bertz CT molecular complexity index is 1230. The van der Waals surface area contributed by atoms with E-state index in [9.17, 15) is 4.79 Å². The predicted octanol–water partition coefficient (Wildman–Crippen LogP) is 5.17. The minimum absolute atomic E-state index is 0.316. The fraction of sp³-hybridized carbons (Fsp3) is 0.130. The summed E-state index contributed by atoms with van der Waals surface area (Å²) in [6.07, 6.45) is 0. The van der Waals surface area contributed by atoms with Gasteiger partial charge in [0.15, 0.2) is 4.80 Å². The summed E-state index contributed by atoms with van der Waals surface area (Å²) in [5.74, 6) is 1.78. The van der Waals surface area contributed by atoms with Crippen LogP contribution in [0.1, 0.15) is 17.3 Å². The lowest BCUT2D eigenvalue weighted by Crippen LogP contribution is -2.13. The van der Waals surface area contributed by atoms with Crippen LogP contribution in [-0.4, -0.2) is 17.1 Å². The standard InChI is InChI=1S/C23H20N2O3S/c1-3-27-19-13-8-14-20-21(19)25(2)23(29-20)24-22(26)16-9-7-12-18(15-16)28-17-10-5-4-6-11-17/h4-15H,3H2,1-2H3. The Hall–Kier alpha value is -3.38. The minimum Gasteiger partial charge on any atom is -0.492 e. The maximum absolute atomic E-state index is 12.8. The summed E-state index contributed by atoms with van der Waals surface area (Å²) in [6.45, 7) is 2.53. The number of ether oxygens (including phenoxy) is 2. The van der Waals surface area contributed by atoms with Crippen molar-refractivity contribution < 1.29 is 14.3 Å². The van der Waals surface area contributed by atoms with Crippen molar-refractivity contribution in [2.75, 3.05) is 6.61 Å². The molecule has 0 N–H and O–H groups in total. The molecule has 1 aromatic heterocycles. The molecular weight excluding hydrogens is 384 g/mol. The van der Waals surface area contributed by atoms with Crippen molar-refractivity contribution in [3.8, 4) is 17.2 Å². The van der Waals surface area contributed by atoms with Crippen molar-refractivity contribution in [1.82, 2.24) is 4.57 Å². The van der Waals surface area contributed by atoms with E-state index in [1.165, 1.54) is 11.3 Å². The third-order valence-corrected chi connectivity index (χ3v) is 5.44. The molecule has 0 bridgehead atoms. The first kappa shape index (κ1) is 19.0. The highest BCUT2D eigenvalue weighted by Crippen LogP contribution is 2.27. The number of hydrogen-bond donors (Lipinski definition) is 0. The molecule has 0 unspecified atom stereocenters. The van der Waals surface area contributed by atoms with Crippen molar-refractivity contribution >= 4 is 27.5 Å². The van der Waals surface area contributed by atoms with Crippen LogP contribution < -0.4 is 14.3 Å². The highest BCUT2D eigenvalue weighted by atomic mass is 32.1. The van der Waals surface area contributed by atoms with Crippen LogP contribution in [-0.2, 0) is 7.05 Å². The molecule has 0 aliphatic carbocycles. The Morgan fingerprint density at radius 1 is 1.00 bits per heavy atom. The third-order valence-electron chi connectivity index (χ3n) is 4.34. The van der Waals surface area contributed by atoms with E-state index in [1.54, 1.807) is 18.2 Å². The second-order valence-corrected chi connectivity index (χ2v) is 7.35. The first-order valence-electron chi connectivity index (χ1n) is 9.29. The fourth-order valence-electron chi connectivity index (χ4n) is 3.02. The Morgan fingerprint density at radius 2 is 1.76 bits per heavy atom. The highest BCUT2D eigenvalue weighted by Gasteiger charge is 2.11. The first-order chi connectivity index (χ1) is 14.2. The number of carbonyl (C=O) groups excluding carboxylic acids is 1. The number of aromatic nitrogens is 1. The van der Waals surface area contributed by atoms with Gasteiger partial charge in [0.05, 0.1) is 11.3 Å². The zero-order valence-electron chi connectivity index (χ0n) is 16.2. The van der Waals surface area contributed by atoms with Gasteiger partial charge in [0, 0.05) is 12.6 Å². The predicted molar refractivity (Wildman–Crippen MR) is 115 cm³/mol. The second-order valence-electron chi connectivity index (χ2n) is 6.34. The van der Waals surface area contributed by atoms with Gasteiger partial charge in [0.25, 0.3) is 5.91 Å². The summed E-state index contributed by atoms with van der Waals surface area (Å²) >= 11 is 1.46. The molecular formula is C23H20N2O3S. The van der Waals surface area contributed by atoms with Crippen LogP contribution in [0.3, 0.4) is 0 Å². The molecule has 146 valence electrons. The number of carbonyl (C=O) groups is 1. The van der Waals surface area contributed by atoms with Gasteiger partial charge in [-0.05, 0) is 49.4 Å². The Balaban J connectivity index is 1.67. The van der Waals surface area contributed by atoms with E-state index in [1.807, 2.05) is 73.1 Å². The number of hydrogen-bond acceptors (Lipinski definition) is 4. The highest BCUT2D eigenvalue weighted by molar-refractivity contribution is 7.16. The lowest BCUT2D eigenvalue weighted by atomic mass is 10.2. The molecule has 6 heteroatoms. The fourth-order valence-corrected chi connectivity index (χ4v) is 4.05. The lowest BCUT2D eigenvalue weighted by molar-refractivity contribution is 0.0997.